The molecule has 2 aromatic rings. The second-order valence-electron chi connectivity index (χ2n) is 7.07. The van der Waals surface area contributed by atoms with Gasteiger partial charge in [-0.15, -0.1) is 0 Å². The highest BCUT2D eigenvalue weighted by Crippen LogP contribution is 2.54. The van der Waals surface area contributed by atoms with Gasteiger partial charge < -0.3 is 0 Å². The van der Waals surface area contributed by atoms with Gasteiger partial charge in [0.2, 0.25) is 0 Å². The van der Waals surface area contributed by atoms with Gasteiger partial charge in [0.15, 0.2) is 0 Å². The number of halogens is 2. The van der Waals surface area contributed by atoms with Gasteiger partial charge in [-0.2, -0.15) is 11.8 Å². The first-order valence-electron chi connectivity index (χ1n) is 8.22. The summed E-state index contributed by atoms with van der Waals surface area (Å²) < 4.78 is 0. The molecule has 0 N–H and O–H groups in total. The molecule has 2 saturated carbocycles. The van der Waals surface area contributed by atoms with Gasteiger partial charge >= 0.3 is 0 Å². The van der Waals surface area contributed by atoms with E-state index in [-0.39, 0.29) is 0 Å². The highest BCUT2D eigenvalue weighted by Gasteiger charge is 2.47. The molecule has 0 nitrogen and oxygen atoms in total. The topological polar surface area (TPSA) is 0 Å². The molecular formula is C20H20Cl2S. The lowest BCUT2D eigenvalue weighted by Crippen LogP contribution is -2.15. The van der Waals surface area contributed by atoms with Crippen molar-refractivity contribution in [1.82, 2.24) is 0 Å². The molecule has 120 valence electrons. The van der Waals surface area contributed by atoms with Crippen LogP contribution in [0.5, 0.6) is 0 Å². The quantitative estimate of drug-likeness (QED) is 0.565. The Morgan fingerprint density at radius 1 is 0.739 bits per heavy atom. The fraction of sp³-hybridized carbons (Fsp3) is 0.400. The predicted molar refractivity (Wildman–Crippen MR) is 102 cm³/mol. The van der Waals surface area contributed by atoms with E-state index in [0.717, 1.165) is 10.0 Å². The van der Waals surface area contributed by atoms with E-state index in [1.165, 1.54) is 48.3 Å². The minimum Gasteiger partial charge on any atom is -0.160 e. The molecule has 0 saturated heterocycles. The van der Waals surface area contributed by atoms with Crippen LogP contribution in [0, 0.1) is 0 Å². The van der Waals surface area contributed by atoms with Crippen molar-refractivity contribution in [3.63, 3.8) is 0 Å². The van der Waals surface area contributed by atoms with Crippen molar-refractivity contribution in [3.8, 4) is 0 Å². The molecule has 0 atom stereocenters. The molecule has 0 unspecified atom stereocenters. The predicted octanol–water partition coefficient (Wildman–Crippen LogP) is 6.49. The molecule has 0 aromatic heterocycles. The summed E-state index contributed by atoms with van der Waals surface area (Å²) in [5, 5.41) is 1.72. The number of thioether (sulfide) groups is 1. The SMILES string of the molecule is Clc1cccc(C2(CSCC3(c4cccc(Cl)c4)CC3)CC2)c1. The lowest BCUT2D eigenvalue weighted by Gasteiger charge is -2.19. The Morgan fingerprint density at radius 2 is 1.17 bits per heavy atom. The third-order valence-corrected chi connectivity index (χ3v) is 7.32. The summed E-state index contributed by atoms with van der Waals surface area (Å²) in [7, 11) is 0. The average Bonchev–Trinajstić information content (AvgIpc) is 3.44. The van der Waals surface area contributed by atoms with Crippen LogP contribution in [0.25, 0.3) is 0 Å². The first-order valence-corrected chi connectivity index (χ1v) is 10.1. The van der Waals surface area contributed by atoms with Gasteiger partial charge in [-0.25, -0.2) is 0 Å². The summed E-state index contributed by atoms with van der Waals surface area (Å²) in [5.74, 6) is 2.41. The minimum atomic E-state index is 0.375. The van der Waals surface area contributed by atoms with Gasteiger partial charge in [0.25, 0.3) is 0 Å². The van der Waals surface area contributed by atoms with Crippen LogP contribution in [0.4, 0.5) is 0 Å². The van der Waals surface area contributed by atoms with Gasteiger partial charge in [0.1, 0.15) is 0 Å². The van der Waals surface area contributed by atoms with E-state index in [9.17, 15) is 0 Å². The van der Waals surface area contributed by atoms with E-state index < -0.39 is 0 Å². The van der Waals surface area contributed by atoms with E-state index in [1.54, 1.807) is 0 Å². The van der Waals surface area contributed by atoms with E-state index in [4.69, 9.17) is 23.2 Å². The van der Waals surface area contributed by atoms with E-state index >= 15 is 0 Å². The third-order valence-electron chi connectivity index (χ3n) is 5.34. The van der Waals surface area contributed by atoms with Gasteiger partial charge in [0.05, 0.1) is 0 Å². The first-order chi connectivity index (χ1) is 11.1. The maximum Gasteiger partial charge on any atom is 0.0408 e. The average molecular weight is 363 g/mol. The van der Waals surface area contributed by atoms with E-state index in [0.29, 0.717) is 10.8 Å². The van der Waals surface area contributed by atoms with Crippen molar-refractivity contribution < 1.29 is 0 Å². The van der Waals surface area contributed by atoms with Crippen molar-refractivity contribution in [2.24, 2.45) is 0 Å². The Bertz CT molecular complexity index is 656. The molecule has 2 fully saturated rings. The normalized spacial score (nSPS) is 20.3. The number of hydrogen-bond acceptors (Lipinski definition) is 1. The molecule has 0 bridgehead atoms. The molecule has 2 aliphatic rings. The molecule has 2 aliphatic carbocycles. The zero-order valence-electron chi connectivity index (χ0n) is 13.0. The molecule has 23 heavy (non-hydrogen) atoms. The second-order valence-corrected chi connectivity index (χ2v) is 8.93. The van der Waals surface area contributed by atoms with Crippen molar-refractivity contribution >= 4 is 35.0 Å². The summed E-state index contributed by atoms with van der Waals surface area (Å²) in [4.78, 5) is 0. The zero-order chi connectivity index (χ0) is 15.9. The Kier molecular flexibility index (Phi) is 4.16. The van der Waals surface area contributed by atoms with Crippen molar-refractivity contribution in [2.75, 3.05) is 11.5 Å². The standard InChI is InChI=1S/C20H20Cl2S/c21-17-5-1-3-15(11-17)19(7-8-19)13-23-14-20(9-10-20)16-4-2-6-18(22)12-16/h1-6,11-12H,7-10,13-14H2. The monoisotopic (exact) mass is 362 g/mol. The maximum absolute atomic E-state index is 6.17. The Hall–Kier alpha value is -0.630. The maximum atomic E-state index is 6.17. The highest BCUT2D eigenvalue weighted by atomic mass is 35.5. The zero-order valence-corrected chi connectivity index (χ0v) is 15.4. The molecule has 0 spiro atoms. The van der Waals surface area contributed by atoms with Gasteiger partial charge in [-0.3, -0.25) is 0 Å². The van der Waals surface area contributed by atoms with Gasteiger partial charge in [-0.1, -0.05) is 47.5 Å². The van der Waals surface area contributed by atoms with E-state index in [1.807, 2.05) is 12.1 Å². The molecule has 3 heteroatoms. The van der Waals surface area contributed by atoms with Crippen LogP contribution in [0.1, 0.15) is 36.8 Å². The van der Waals surface area contributed by atoms with Crippen molar-refractivity contribution in [2.45, 2.75) is 36.5 Å². The molecule has 4 rings (SSSR count). The fourth-order valence-electron chi connectivity index (χ4n) is 3.41. The molecule has 2 aromatic carbocycles. The smallest absolute Gasteiger partial charge is 0.0408 e. The summed E-state index contributed by atoms with van der Waals surface area (Å²) in [6.45, 7) is 0. The molecule has 0 heterocycles. The third kappa shape index (κ3) is 3.29. The van der Waals surface area contributed by atoms with Crippen LogP contribution in [0.3, 0.4) is 0 Å². The second kappa shape index (κ2) is 6.02. The summed E-state index contributed by atoms with van der Waals surface area (Å²) in [5.41, 5.74) is 3.59. The Morgan fingerprint density at radius 3 is 1.52 bits per heavy atom. The van der Waals surface area contributed by atoms with Crippen molar-refractivity contribution in [1.29, 1.82) is 0 Å². The molecular weight excluding hydrogens is 343 g/mol. The fourth-order valence-corrected chi connectivity index (χ4v) is 5.59. The number of rotatable bonds is 6. The minimum absolute atomic E-state index is 0.375. The van der Waals surface area contributed by atoms with Crippen LogP contribution < -0.4 is 0 Å². The molecule has 0 radical (unpaired) electrons. The molecule has 0 amide bonds. The van der Waals surface area contributed by atoms with Crippen molar-refractivity contribution in [3.05, 3.63) is 69.7 Å². The Balaban J connectivity index is 1.41. The highest BCUT2D eigenvalue weighted by molar-refractivity contribution is 7.99. The first kappa shape index (κ1) is 15.9. The van der Waals surface area contributed by atoms with E-state index in [2.05, 4.69) is 48.2 Å². The summed E-state index contributed by atoms with van der Waals surface area (Å²) in [6.07, 6.45) is 5.18. The summed E-state index contributed by atoms with van der Waals surface area (Å²) in [6, 6.07) is 16.9. The number of benzene rings is 2. The largest absolute Gasteiger partial charge is 0.160 e. The van der Waals surface area contributed by atoms with Crippen LogP contribution >= 0.6 is 35.0 Å². The van der Waals surface area contributed by atoms with Gasteiger partial charge in [0, 0.05) is 32.4 Å². The van der Waals surface area contributed by atoms with Crippen LogP contribution in [-0.4, -0.2) is 11.5 Å². The van der Waals surface area contributed by atoms with Crippen LogP contribution in [0.15, 0.2) is 48.5 Å². The molecule has 0 aliphatic heterocycles. The lowest BCUT2D eigenvalue weighted by atomic mass is 9.98. The Labute approximate surface area is 152 Å². The van der Waals surface area contributed by atoms with Crippen LogP contribution in [-0.2, 0) is 10.8 Å². The number of hydrogen-bond donors (Lipinski definition) is 0. The van der Waals surface area contributed by atoms with Gasteiger partial charge in [-0.05, 0) is 61.1 Å². The summed E-state index contributed by atoms with van der Waals surface area (Å²) >= 11 is 14.4. The lowest BCUT2D eigenvalue weighted by molar-refractivity contribution is 0.780. The van der Waals surface area contributed by atoms with Crippen LogP contribution in [0.2, 0.25) is 10.0 Å².